The average molecular weight is 355 g/mol. The molecule has 26 heavy (non-hydrogen) atoms. The third kappa shape index (κ3) is 5.62. The molecule has 2 amide bonds. The lowest BCUT2D eigenvalue weighted by atomic mass is 10.1. The molecule has 0 unspecified atom stereocenters. The molecule has 0 aliphatic carbocycles. The van der Waals surface area contributed by atoms with Crippen LogP contribution in [-0.2, 0) is 4.79 Å². The summed E-state index contributed by atoms with van der Waals surface area (Å²) < 4.78 is 5.27. The van der Waals surface area contributed by atoms with Gasteiger partial charge in [-0.2, -0.15) is 5.10 Å². The topological polar surface area (TPSA) is 100 Å². The largest absolute Gasteiger partial charge is 0.504 e. The van der Waals surface area contributed by atoms with Crippen LogP contribution in [0.3, 0.4) is 0 Å². The Labute approximate surface area is 151 Å². The average Bonchev–Trinajstić information content (AvgIpc) is 2.63. The van der Waals surface area contributed by atoms with Gasteiger partial charge in [0.05, 0.1) is 19.4 Å². The van der Waals surface area contributed by atoms with Gasteiger partial charge in [-0.25, -0.2) is 5.43 Å². The van der Waals surface area contributed by atoms with Crippen molar-refractivity contribution in [2.45, 2.75) is 13.8 Å². The van der Waals surface area contributed by atoms with Crippen molar-refractivity contribution in [3.63, 3.8) is 0 Å². The number of carbonyl (C=O) groups excluding carboxylic acids is 2. The molecule has 0 bridgehead atoms. The van der Waals surface area contributed by atoms with Crippen molar-refractivity contribution in [3.05, 3.63) is 59.2 Å². The van der Waals surface area contributed by atoms with Crippen LogP contribution in [0.15, 0.2) is 47.6 Å². The van der Waals surface area contributed by atoms with Gasteiger partial charge in [0.15, 0.2) is 11.5 Å². The maximum Gasteiger partial charge on any atom is 0.259 e. The summed E-state index contributed by atoms with van der Waals surface area (Å²) in [5.41, 5.74) is 4.51. The molecule has 7 nitrogen and oxygen atoms in total. The highest BCUT2D eigenvalue weighted by molar-refractivity contribution is 5.96. The van der Waals surface area contributed by atoms with E-state index < -0.39 is 5.91 Å². The predicted octanol–water partition coefficient (Wildman–Crippen LogP) is 1.98. The zero-order valence-electron chi connectivity index (χ0n) is 14.7. The summed E-state index contributed by atoms with van der Waals surface area (Å²) in [4.78, 5) is 23.7. The Bertz CT molecular complexity index is 801. The minimum absolute atomic E-state index is 0.0341. The minimum Gasteiger partial charge on any atom is -0.504 e. The van der Waals surface area contributed by atoms with Crippen molar-refractivity contribution in [3.8, 4) is 11.5 Å². The number of benzene rings is 2. The first-order chi connectivity index (χ1) is 12.5. The SMILES string of the molecule is CCOc1cc(/C=N\NC(=O)CNC(=O)c2ccc(C)cc2)ccc1O. The Hall–Kier alpha value is -3.35. The Morgan fingerprint density at radius 1 is 1.19 bits per heavy atom. The maximum atomic E-state index is 11.9. The monoisotopic (exact) mass is 355 g/mol. The Morgan fingerprint density at radius 3 is 2.62 bits per heavy atom. The predicted molar refractivity (Wildman–Crippen MR) is 98.5 cm³/mol. The van der Waals surface area contributed by atoms with Gasteiger partial charge in [-0.05, 0) is 49.7 Å². The fourth-order valence-electron chi connectivity index (χ4n) is 2.07. The zero-order chi connectivity index (χ0) is 18.9. The fourth-order valence-corrected chi connectivity index (χ4v) is 2.07. The molecule has 0 saturated carbocycles. The van der Waals surface area contributed by atoms with E-state index in [1.807, 2.05) is 26.0 Å². The molecule has 7 heteroatoms. The number of hydrogen-bond acceptors (Lipinski definition) is 5. The first kappa shape index (κ1) is 19.0. The molecule has 2 aromatic carbocycles. The van der Waals surface area contributed by atoms with Crippen molar-refractivity contribution in [1.82, 2.24) is 10.7 Å². The summed E-state index contributed by atoms with van der Waals surface area (Å²) >= 11 is 0. The second-order valence-corrected chi connectivity index (χ2v) is 5.50. The number of carbonyl (C=O) groups is 2. The molecule has 0 saturated heterocycles. The summed E-state index contributed by atoms with van der Waals surface area (Å²) in [6.45, 7) is 3.97. The van der Waals surface area contributed by atoms with Crippen LogP contribution in [0.25, 0.3) is 0 Å². The lowest BCUT2D eigenvalue weighted by Crippen LogP contribution is -2.34. The number of nitrogens with zero attached hydrogens (tertiary/aromatic N) is 1. The Kier molecular flexibility index (Phi) is 6.73. The highest BCUT2D eigenvalue weighted by Crippen LogP contribution is 2.26. The summed E-state index contributed by atoms with van der Waals surface area (Å²) in [6.07, 6.45) is 1.42. The van der Waals surface area contributed by atoms with Gasteiger partial charge < -0.3 is 15.2 Å². The first-order valence-corrected chi connectivity index (χ1v) is 8.12. The number of rotatable bonds is 7. The van der Waals surface area contributed by atoms with E-state index >= 15 is 0 Å². The smallest absolute Gasteiger partial charge is 0.259 e. The third-order valence-electron chi connectivity index (χ3n) is 3.41. The number of phenols is 1. The van der Waals surface area contributed by atoms with Crippen LogP contribution in [-0.4, -0.2) is 36.3 Å². The van der Waals surface area contributed by atoms with Crippen LogP contribution in [0.1, 0.15) is 28.4 Å². The Balaban J connectivity index is 1.83. The third-order valence-corrected chi connectivity index (χ3v) is 3.41. The molecular weight excluding hydrogens is 334 g/mol. The van der Waals surface area contributed by atoms with Crippen LogP contribution >= 0.6 is 0 Å². The second-order valence-electron chi connectivity index (χ2n) is 5.50. The van der Waals surface area contributed by atoms with Crippen LogP contribution in [0.4, 0.5) is 0 Å². The van der Waals surface area contributed by atoms with Crippen LogP contribution in [0.5, 0.6) is 11.5 Å². The maximum absolute atomic E-state index is 11.9. The molecule has 0 heterocycles. The number of aromatic hydroxyl groups is 1. The minimum atomic E-state index is -0.453. The molecule has 0 fully saturated rings. The molecule has 0 radical (unpaired) electrons. The number of nitrogens with one attached hydrogen (secondary N) is 2. The van der Waals surface area contributed by atoms with Gasteiger partial charge >= 0.3 is 0 Å². The first-order valence-electron chi connectivity index (χ1n) is 8.12. The molecule has 2 aromatic rings. The van der Waals surface area contributed by atoms with E-state index in [1.165, 1.54) is 12.3 Å². The molecule has 0 atom stereocenters. The quantitative estimate of drug-likeness (QED) is 0.522. The van der Waals surface area contributed by atoms with Gasteiger partial charge in [0.2, 0.25) is 0 Å². The molecule has 0 aromatic heterocycles. The summed E-state index contributed by atoms with van der Waals surface area (Å²) in [5, 5.41) is 16.0. The van der Waals surface area contributed by atoms with E-state index in [2.05, 4.69) is 15.8 Å². The van der Waals surface area contributed by atoms with Crippen LogP contribution in [0, 0.1) is 6.92 Å². The van der Waals surface area contributed by atoms with Crippen molar-refractivity contribution in [2.75, 3.05) is 13.2 Å². The van der Waals surface area contributed by atoms with Gasteiger partial charge in [0, 0.05) is 5.56 Å². The van der Waals surface area contributed by atoms with E-state index in [-0.39, 0.29) is 18.2 Å². The summed E-state index contributed by atoms with van der Waals surface area (Å²) in [6, 6.07) is 11.8. The zero-order valence-corrected chi connectivity index (χ0v) is 14.7. The van der Waals surface area contributed by atoms with Gasteiger partial charge in [0.1, 0.15) is 0 Å². The van der Waals surface area contributed by atoms with E-state index in [9.17, 15) is 14.7 Å². The molecular formula is C19H21N3O4. The number of aryl methyl sites for hydroxylation is 1. The highest BCUT2D eigenvalue weighted by Gasteiger charge is 2.07. The number of hydrogen-bond donors (Lipinski definition) is 3. The van der Waals surface area contributed by atoms with Crippen molar-refractivity contribution < 1.29 is 19.4 Å². The van der Waals surface area contributed by atoms with E-state index in [1.54, 1.807) is 24.3 Å². The molecule has 0 aliphatic rings. The summed E-state index contributed by atoms with van der Waals surface area (Å²) in [7, 11) is 0. The van der Waals surface area contributed by atoms with E-state index in [0.717, 1.165) is 5.56 Å². The van der Waals surface area contributed by atoms with Gasteiger partial charge in [-0.1, -0.05) is 17.7 Å². The van der Waals surface area contributed by atoms with Crippen LogP contribution < -0.4 is 15.5 Å². The van der Waals surface area contributed by atoms with Crippen molar-refractivity contribution >= 4 is 18.0 Å². The standard InChI is InChI=1S/C19H21N3O4/c1-3-26-17-10-14(6-9-16(17)23)11-21-22-18(24)12-20-19(25)15-7-4-13(2)5-8-15/h4-11,23H,3,12H2,1-2H3,(H,20,25)(H,22,24)/b21-11-. The summed E-state index contributed by atoms with van der Waals surface area (Å²) in [5.74, 6) is -0.408. The second kappa shape index (κ2) is 9.22. The molecule has 0 aliphatic heterocycles. The van der Waals surface area contributed by atoms with Crippen LogP contribution in [0.2, 0.25) is 0 Å². The highest BCUT2D eigenvalue weighted by atomic mass is 16.5. The fraction of sp³-hybridized carbons (Fsp3) is 0.211. The number of ether oxygens (including phenoxy) is 1. The van der Waals surface area contributed by atoms with Gasteiger partial charge in [-0.3, -0.25) is 9.59 Å². The molecule has 136 valence electrons. The van der Waals surface area contributed by atoms with E-state index in [0.29, 0.717) is 23.5 Å². The number of amides is 2. The lowest BCUT2D eigenvalue weighted by molar-refractivity contribution is -0.120. The Morgan fingerprint density at radius 2 is 1.92 bits per heavy atom. The van der Waals surface area contributed by atoms with E-state index in [4.69, 9.17) is 4.74 Å². The number of phenolic OH excluding ortho intramolecular Hbond substituents is 1. The van der Waals surface area contributed by atoms with Crippen molar-refractivity contribution in [2.24, 2.45) is 5.10 Å². The van der Waals surface area contributed by atoms with Crippen molar-refractivity contribution in [1.29, 1.82) is 0 Å². The molecule has 3 N–H and O–H groups in total. The van der Waals surface area contributed by atoms with Gasteiger partial charge in [0.25, 0.3) is 11.8 Å². The lowest BCUT2D eigenvalue weighted by Gasteiger charge is -2.06. The molecule has 2 rings (SSSR count). The normalized spacial score (nSPS) is 10.5. The molecule has 0 spiro atoms. The number of hydrazone groups is 1. The van der Waals surface area contributed by atoms with Gasteiger partial charge in [-0.15, -0.1) is 0 Å².